The van der Waals surface area contributed by atoms with Crippen molar-refractivity contribution in [3.05, 3.63) is 18.1 Å². The van der Waals surface area contributed by atoms with Crippen LogP contribution >= 0.6 is 0 Å². The van der Waals surface area contributed by atoms with Crippen molar-refractivity contribution in [1.82, 2.24) is 0 Å². The van der Waals surface area contributed by atoms with Crippen molar-refractivity contribution in [3.8, 4) is 0 Å². The van der Waals surface area contributed by atoms with Crippen LogP contribution in [0.3, 0.4) is 0 Å². The number of hydrogen-bond donors (Lipinski definition) is 0. The molecule has 0 heterocycles. The van der Waals surface area contributed by atoms with Crippen LogP contribution in [0.2, 0.25) is 0 Å². The Morgan fingerprint density at radius 2 is 1.64 bits per heavy atom. The molecule has 0 aliphatic heterocycles. The molecule has 0 heteroatoms. The van der Waals surface area contributed by atoms with E-state index in [-0.39, 0.29) is 0 Å². The fraction of sp³-hybridized carbons (Fsp3) is 0.893. The Balaban J connectivity index is 1.49. The van der Waals surface area contributed by atoms with Gasteiger partial charge in [0.2, 0.25) is 0 Å². The third-order valence-electron chi connectivity index (χ3n) is 10.8. The summed E-state index contributed by atoms with van der Waals surface area (Å²) in [6, 6.07) is 0. The highest BCUT2D eigenvalue weighted by Gasteiger charge is 2.57. The molecule has 3 fully saturated rings. The van der Waals surface area contributed by atoms with Crippen molar-refractivity contribution in [3.63, 3.8) is 0 Å². The zero-order valence-corrected chi connectivity index (χ0v) is 19.8. The minimum atomic E-state index is 0.590. The van der Waals surface area contributed by atoms with Crippen molar-refractivity contribution in [2.45, 2.75) is 106 Å². The standard InChI is InChI=1S/C28H47/c1-19(2)20(3)10-11-21(4)24-14-15-25-23-13-12-22-9-7-8-17-27(22,5)26(23)16-18-28(24,25)6/h7,13,19-22,24-26H,8-12,14-18H2,1-6H3/t20-,21+,22?,24+,25-,26-,27-,28+/m0/s1. The minimum absolute atomic E-state index is 0.590. The molecule has 8 atom stereocenters. The number of fused-ring (bicyclic) bond motifs is 5. The molecule has 0 N–H and O–H groups in total. The quantitative estimate of drug-likeness (QED) is 0.417. The van der Waals surface area contributed by atoms with Gasteiger partial charge in [-0.3, -0.25) is 0 Å². The first-order valence-electron chi connectivity index (χ1n) is 12.8. The van der Waals surface area contributed by atoms with Crippen LogP contribution in [0, 0.1) is 58.7 Å². The first kappa shape index (κ1) is 21.0. The van der Waals surface area contributed by atoms with Gasteiger partial charge in [-0.2, -0.15) is 0 Å². The molecule has 0 aromatic carbocycles. The van der Waals surface area contributed by atoms with Crippen molar-refractivity contribution < 1.29 is 0 Å². The Hall–Kier alpha value is -0.260. The monoisotopic (exact) mass is 383 g/mol. The van der Waals surface area contributed by atoms with Gasteiger partial charge in [-0.05, 0) is 110 Å². The van der Waals surface area contributed by atoms with Gasteiger partial charge in [-0.25, -0.2) is 0 Å². The summed E-state index contributed by atoms with van der Waals surface area (Å²) in [5, 5.41) is 0. The predicted octanol–water partition coefficient (Wildman–Crippen LogP) is 8.48. The van der Waals surface area contributed by atoms with Crippen LogP contribution < -0.4 is 0 Å². The maximum absolute atomic E-state index is 2.77. The second-order valence-corrected chi connectivity index (χ2v) is 12.3. The van der Waals surface area contributed by atoms with E-state index in [2.05, 4.69) is 54.0 Å². The zero-order chi connectivity index (χ0) is 20.1. The zero-order valence-electron chi connectivity index (χ0n) is 19.8. The fourth-order valence-corrected chi connectivity index (χ4v) is 8.33. The van der Waals surface area contributed by atoms with Gasteiger partial charge >= 0.3 is 0 Å². The molecule has 1 unspecified atom stereocenters. The van der Waals surface area contributed by atoms with Crippen molar-refractivity contribution in [1.29, 1.82) is 0 Å². The molecule has 4 aliphatic rings. The third-order valence-corrected chi connectivity index (χ3v) is 10.8. The molecule has 0 amide bonds. The van der Waals surface area contributed by atoms with E-state index in [9.17, 15) is 0 Å². The molecule has 28 heavy (non-hydrogen) atoms. The molecular formula is C28H47. The largest absolute Gasteiger partial charge is 0.0844 e. The minimum Gasteiger partial charge on any atom is -0.0844 e. The van der Waals surface area contributed by atoms with Gasteiger partial charge in [-0.15, -0.1) is 0 Å². The Morgan fingerprint density at radius 1 is 0.893 bits per heavy atom. The van der Waals surface area contributed by atoms with Gasteiger partial charge in [0.25, 0.3) is 0 Å². The van der Waals surface area contributed by atoms with Crippen LogP contribution in [0.25, 0.3) is 0 Å². The van der Waals surface area contributed by atoms with E-state index >= 15 is 0 Å². The van der Waals surface area contributed by atoms with E-state index < -0.39 is 0 Å². The summed E-state index contributed by atoms with van der Waals surface area (Å²) in [5.41, 5.74) is 3.14. The second-order valence-electron chi connectivity index (χ2n) is 12.3. The summed E-state index contributed by atoms with van der Waals surface area (Å²) in [4.78, 5) is 0. The van der Waals surface area contributed by atoms with Gasteiger partial charge in [0.15, 0.2) is 0 Å². The lowest BCUT2D eigenvalue weighted by molar-refractivity contribution is -0.000387. The van der Waals surface area contributed by atoms with E-state index in [1.165, 1.54) is 64.2 Å². The van der Waals surface area contributed by atoms with Gasteiger partial charge in [0.1, 0.15) is 0 Å². The molecule has 0 aromatic rings. The molecule has 0 saturated heterocycles. The summed E-state index contributed by atoms with van der Waals surface area (Å²) in [7, 11) is 0. The van der Waals surface area contributed by atoms with Gasteiger partial charge in [0.05, 0.1) is 0 Å². The fourth-order valence-electron chi connectivity index (χ4n) is 8.33. The van der Waals surface area contributed by atoms with E-state index in [0.29, 0.717) is 10.8 Å². The topological polar surface area (TPSA) is 0 Å². The average molecular weight is 384 g/mol. The molecule has 3 saturated carbocycles. The highest BCUT2D eigenvalue weighted by Crippen LogP contribution is 2.66. The Kier molecular flexibility index (Phi) is 5.83. The molecule has 0 nitrogen and oxygen atoms in total. The highest BCUT2D eigenvalue weighted by atomic mass is 14.6. The normalized spacial score (nSPS) is 45.0. The van der Waals surface area contributed by atoms with Crippen molar-refractivity contribution >= 4 is 0 Å². The van der Waals surface area contributed by atoms with Crippen molar-refractivity contribution in [2.75, 3.05) is 0 Å². The molecule has 159 valence electrons. The third kappa shape index (κ3) is 3.33. The summed E-state index contributed by atoms with van der Waals surface area (Å²) in [5.74, 6) is 6.34. The van der Waals surface area contributed by atoms with Crippen LogP contribution in [0.4, 0.5) is 0 Å². The number of hydrogen-bond acceptors (Lipinski definition) is 0. The second kappa shape index (κ2) is 7.77. The SMILES string of the molecule is CC(C)[C@@H](C)CC[C@@H](C)[C@H]1CC[C@H]2C3=CCC4C[CH]CC[C@]4(C)[C@H]3CC[C@]12C. The summed E-state index contributed by atoms with van der Waals surface area (Å²) in [6.45, 7) is 15.2. The van der Waals surface area contributed by atoms with E-state index in [4.69, 9.17) is 0 Å². The van der Waals surface area contributed by atoms with E-state index in [1.54, 1.807) is 0 Å². The lowest BCUT2D eigenvalue weighted by Gasteiger charge is -2.57. The molecule has 1 radical (unpaired) electrons. The Labute approximate surface area is 176 Å². The lowest BCUT2D eigenvalue weighted by Crippen LogP contribution is -2.48. The van der Waals surface area contributed by atoms with E-state index in [0.717, 1.165) is 41.4 Å². The first-order chi connectivity index (χ1) is 13.3. The molecule has 4 aliphatic carbocycles. The molecule has 0 spiro atoms. The molecule has 4 rings (SSSR count). The smallest absolute Gasteiger partial charge is 0.0143 e. The Bertz CT molecular complexity index is 585. The maximum Gasteiger partial charge on any atom is -0.0143 e. The predicted molar refractivity (Wildman–Crippen MR) is 122 cm³/mol. The van der Waals surface area contributed by atoms with Crippen LogP contribution in [0.5, 0.6) is 0 Å². The summed E-state index contributed by atoms with van der Waals surface area (Å²) < 4.78 is 0. The van der Waals surface area contributed by atoms with Crippen LogP contribution in [-0.4, -0.2) is 0 Å². The average Bonchev–Trinajstić information content (AvgIpc) is 3.02. The van der Waals surface area contributed by atoms with Crippen LogP contribution in [0.1, 0.15) is 106 Å². The van der Waals surface area contributed by atoms with Gasteiger partial charge in [0, 0.05) is 0 Å². The summed E-state index contributed by atoms with van der Waals surface area (Å²) in [6.07, 6.45) is 19.8. The van der Waals surface area contributed by atoms with E-state index in [1.807, 2.05) is 5.57 Å². The molecular weight excluding hydrogens is 336 g/mol. The van der Waals surface area contributed by atoms with Gasteiger partial charge < -0.3 is 0 Å². The number of rotatable bonds is 5. The maximum atomic E-state index is 2.77. The molecule has 0 aromatic heterocycles. The summed E-state index contributed by atoms with van der Waals surface area (Å²) >= 11 is 0. The lowest BCUT2D eigenvalue weighted by atomic mass is 9.48. The highest BCUT2D eigenvalue weighted by molar-refractivity contribution is 5.28. The van der Waals surface area contributed by atoms with Crippen LogP contribution in [0.15, 0.2) is 11.6 Å². The number of allylic oxidation sites excluding steroid dienone is 2. The first-order valence-corrected chi connectivity index (χ1v) is 12.8. The molecule has 0 bridgehead atoms. The van der Waals surface area contributed by atoms with Crippen molar-refractivity contribution in [2.24, 2.45) is 52.3 Å². The Morgan fingerprint density at radius 3 is 2.39 bits per heavy atom. The van der Waals surface area contributed by atoms with Gasteiger partial charge in [-0.1, -0.05) is 66.0 Å². The van der Waals surface area contributed by atoms with Crippen LogP contribution in [-0.2, 0) is 0 Å².